The highest BCUT2D eigenvalue weighted by molar-refractivity contribution is 5.48. The van der Waals surface area contributed by atoms with Crippen LogP contribution in [0, 0.1) is 29.4 Å². The molecule has 4 saturated carbocycles. The van der Waals surface area contributed by atoms with Gasteiger partial charge < -0.3 is 5.32 Å². The molecule has 0 saturated heterocycles. The molecule has 0 aliphatic heterocycles. The number of benzene rings is 1. The van der Waals surface area contributed by atoms with Crippen molar-refractivity contribution in [2.75, 3.05) is 5.32 Å². The summed E-state index contributed by atoms with van der Waals surface area (Å²) in [6.45, 7) is 0. The first-order chi connectivity index (χ1) is 9.12. The zero-order valence-corrected chi connectivity index (χ0v) is 11.0. The number of halogens is 2. The maximum atomic E-state index is 13.8. The first kappa shape index (κ1) is 11.7. The number of hydrogen-bond acceptors (Lipinski definition) is 1. The van der Waals surface area contributed by atoms with E-state index >= 15 is 0 Å². The molecule has 4 bridgehead atoms. The summed E-state index contributed by atoms with van der Waals surface area (Å²) >= 11 is 0. The summed E-state index contributed by atoms with van der Waals surface area (Å²) in [5, 5.41) is 3.38. The van der Waals surface area contributed by atoms with Crippen LogP contribution >= 0.6 is 0 Å². The van der Waals surface area contributed by atoms with E-state index in [4.69, 9.17) is 0 Å². The number of anilines is 1. The second-order valence-electron chi connectivity index (χ2n) is 6.95. The average molecular weight is 263 g/mol. The van der Waals surface area contributed by atoms with E-state index in [1.54, 1.807) is 0 Å². The van der Waals surface area contributed by atoms with Gasteiger partial charge in [0, 0.05) is 5.54 Å². The minimum atomic E-state index is -0.367. The van der Waals surface area contributed by atoms with Gasteiger partial charge in [-0.15, -0.1) is 0 Å². The monoisotopic (exact) mass is 263 g/mol. The van der Waals surface area contributed by atoms with Crippen LogP contribution < -0.4 is 5.32 Å². The molecule has 5 rings (SSSR count). The minimum Gasteiger partial charge on any atom is -0.377 e. The van der Waals surface area contributed by atoms with Gasteiger partial charge in [0.2, 0.25) is 0 Å². The fourth-order valence-electron chi connectivity index (χ4n) is 5.14. The van der Waals surface area contributed by atoms with Crippen LogP contribution in [0.3, 0.4) is 0 Å². The Labute approximate surface area is 112 Å². The summed E-state index contributed by atoms with van der Waals surface area (Å²) in [5.74, 6) is 1.70. The quantitative estimate of drug-likeness (QED) is 0.836. The smallest absolute Gasteiger partial charge is 0.146 e. The largest absolute Gasteiger partial charge is 0.377 e. The van der Waals surface area contributed by atoms with Crippen molar-refractivity contribution in [2.24, 2.45) is 17.8 Å². The van der Waals surface area contributed by atoms with Crippen LogP contribution in [0.4, 0.5) is 14.5 Å². The van der Waals surface area contributed by atoms with Crippen LogP contribution in [-0.2, 0) is 0 Å². The van der Waals surface area contributed by atoms with E-state index in [1.807, 2.05) is 0 Å². The fourth-order valence-corrected chi connectivity index (χ4v) is 5.14. The SMILES string of the molecule is Fc1ccc(F)c(NC23CC4CC(CC(C4)C2)C3)c1. The zero-order valence-electron chi connectivity index (χ0n) is 11.0. The van der Waals surface area contributed by atoms with Crippen molar-refractivity contribution < 1.29 is 8.78 Å². The van der Waals surface area contributed by atoms with Crippen LogP contribution in [0.15, 0.2) is 18.2 Å². The molecule has 4 fully saturated rings. The van der Waals surface area contributed by atoms with Crippen molar-refractivity contribution in [3.8, 4) is 0 Å². The fraction of sp³-hybridized carbons (Fsp3) is 0.625. The third-order valence-corrected chi connectivity index (χ3v) is 5.37. The highest BCUT2D eigenvalue weighted by atomic mass is 19.1. The summed E-state index contributed by atoms with van der Waals surface area (Å²) in [6.07, 6.45) is 7.46. The first-order valence-corrected chi connectivity index (χ1v) is 7.35. The Kier molecular flexibility index (Phi) is 2.42. The lowest BCUT2D eigenvalue weighted by Gasteiger charge is -2.57. The van der Waals surface area contributed by atoms with Gasteiger partial charge in [-0.3, -0.25) is 0 Å². The Bertz CT molecular complexity index is 476. The van der Waals surface area contributed by atoms with Gasteiger partial charge in [0.1, 0.15) is 11.6 Å². The molecule has 0 spiro atoms. The molecule has 0 aromatic heterocycles. The van der Waals surface area contributed by atoms with E-state index in [0.29, 0.717) is 5.69 Å². The van der Waals surface area contributed by atoms with E-state index in [9.17, 15) is 8.78 Å². The molecule has 4 aliphatic rings. The van der Waals surface area contributed by atoms with Crippen molar-refractivity contribution in [1.29, 1.82) is 0 Å². The number of nitrogens with one attached hydrogen (secondary N) is 1. The summed E-state index contributed by atoms with van der Waals surface area (Å²) in [7, 11) is 0. The lowest BCUT2D eigenvalue weighted by Crippen LogP contribution is -2.54. The molecule has 1 aromatic carbocycles. The highest BCUT2D eigenvalue weighted by Crippen LogP contribution is 2.56. The third-order valence-electron chi connectivity index (χ3n) is 5.37. The van der Waals surface area contributed by atoms with Crippen LogP contribution in [0.5, 0.6) is 0 Å². The summed E-state index contributed by atoms with van der Waals surface area (Å²) in [4.78, 5) is 0. The average Bonchev–Trinajstić information content (AvgIpc) is 2.31. The molecule has 0 radical (unpaired) electrons. The van der Waals surface area contributed by atoms with Crippen LogP contribution in [-0.4, -0.2) is 5.54 Å². The molecule has 102 valence electrons. The molecule has 0 amide bonds. The molecular formula is C16H19F2N. The first-order valence-electron chi connectivity index (χ1n) is 7.35. The maximum absolute atomic E-state index is 13.8. The van der Waals surface area contributed by atoms with Gasteiger partial charge in [-0.25, -0.2) is 8.78 Å². The maximum Gasteiger partial charge on any atom is 0.146 e. The molecule has 19 heavy (non-hydrogen) atoms. The van der Waals surface area contributed by atoms with Gasteiger partial charge in [0.05, 0.1) is 5.69 Å². The lowest BCUT2D eigenvalue weighted by atomic mass is 9.53. The molecular weight excluding hydrogens is 244 g/mol. The van der Waals surface area contributed by atoms with E-state index in [0.717, 1.165) is 37.0 Å². The van der Waals surface area contributed by atoms with Crippen LogP contribution in [0.1, 0.15) is 38.5 Å². The van der Waals surface area contributed by atoms with E-state index in [-0.39, 0.29) is 17.2 Å². The standard InChI is InChI=1S/C16H19F2N/c17-13-1-2-14(18)15(6-13)19-16-7-10-3-11(8-16)5-12(4-10)9-16/h1-2,6,10-12,19H,3-5,7-9H2. The van der Waals surface area contributed by atoms with Crippen molar-refractivity contribution in [2.45, 2.75) is 44.1 Å². The van der Waals surface area contributed by atoms with Gasteiger partial charge in [-0.05, 0) is 74.5 Å². The Morgan fingerprint density at radius 3 is 2.11 bits per heavy atom. The van der Waals surface area contributed by atoms with Crippen molar-refractivity contribution >= 4 is 5.69 Å². The van der Waals surface area contributed by atoms with E-state index in [1.165, 1.54) is 37.5 Å². The lowest BCUT2D eigenvalue weighted by molar-refractivity contribution is 0.0105. The van der Waals surface area contributed by atoms with Crippen LogP contribution in [0.25, 0.3) is 0 Å². The molecule has 1 N–H and O–H groups in total. The summed E-state index contributed by atoms with van der Waals surface area (Å²) < 4.78 is 27.1. The molecule has 0 atom stereocenters. The van der Waals surface area contributed by atoms with Gasteiger partial charge in [-0.2, -0.15) is 0 Å². The van der Waals surface area contributed by atoms with Crippen molar-refractivity contribution in [3.63, 3.8) is 0 Å². The molecule has 0 unspecified atom stereocenters. The van der Waals surface area contributed by atoms with Gasteiger partial charge in [-0.1, -0.05) is 0 Å². The van der Waals surface area contributed by atoms with Gasteiger partial charge in [0.15, 0.2) is 0 Å². The molecule has 1 aromatic rings. The number of hydrogen-bond donors (Lipinski definition) is 1. The van der Waals surface area contributed by atoms with Crippen molar-refractivity contribution in [1.82, 2.24) is 0 Å². The second kappa shape index (κ2) is 3.94. The van der Waals surface area contributed by atoms with E-state index < -0.39 is 0 Å². The van der Waals surface area contributed by atoms with Crippen LogP contribution in [0.2, 0.25) is 0 Å². The molecule has 4 aliphatic carbocycles. The Morgan fingerprint density at radius 2 is 1.53 bits per heavy atom. The third kappa shape index (κ3) is 1.94. The second-order valence-corrected chi connectivity index (χ2v) is 6.95. The predicted octanol–water partition coefficient (Wildman–Crippen LogP) is 4.35. The highest BCUT2D eigenvalue weighted by Gasteiger charge is 2.51. The predicted molar refractivity (Wildman–Crippen MR) is 70.9 cm³/mol. The van der Waals surface area contributed by atoms with E-state index in [2.05, 4.69) is 5.32 Å². The normalized spacial score (nSPS) is 39.6. The molecule has 0 heterocycles. The Hall–Kier alpha value is -1.12. The topological polar surface area (TPSA) is 12.0 Å². The minimum absolute atomic E-state index is 0.0311. The molecule has 3 heteroatoms. The zero-order chi connectivity index (χ0) is 13.0. The number of rotatable bonds is 2. The van der Waals surface area contributed by atoms with Gasteiger partial charge >= 0.3 is 0 Å². The summed E-state index contributed by atoms with van der Waals surface area (Å²) in [6, 6.07) is 3.70. The van der Waals surface area contributed by atoms with Gasteiger partial charge in [0.25, 0.3) is 0 Å². The van der Waals surface area contributed by atoms with Crippen molar-refractivity contribution in [3.05, 3.63) is 29.8 Å². The Morgan fingerprint density at radius 1 is 0.947 bits per heavy atom. The Balaban J connectivity index is 1.64. The molecule has 1 nitrogen and oxygen atoms in total. The summed E-state index contributed by atoms with van der Waals surface area (Å²) in [5.41, 5.74) is 0.380.